The summed E-state index contributed by atoms with van der Waals surface area (Å²) in [5.74, 6) is -0.720. The summed E-state index contributed by atoms with van der Waals surface area (Å²) in [6.45, 7) is 4.93. The summed E-state index contributed by atoms with van der Waals surface area (Å²) in [5, 5.41) is 2.98. The van der Waals surface area contributed by atoms with Gasteiger partial charge in [0.05, 0.1) is 30.4 Å². The van der Waals surface area contributed by atoms with Gasteiger partial charge in [-0.3, -0.25) is 9.69 Å². The lowest BCUT2D eigenvalue weighted by molar-refractivity contribution is 0.00165. The molecule has 0 saturated carbocycles. The van der Waals surface area contributed by atoms with Crippen molar-refractivity contribution in [2.75, 3.05) is 46.1 Å². The first-order valence-corrected chi connectivity index (χ1v) is 8.66. The first-order valence-electron chi connectivity index (χ1n) is 8.28. The number of morpholine rings is 1. The van der Waals surface area contributed by atoms with Crippen molar-refractivity contribution in [2.24, 2.45) is 5.92 Å². The molecule has 24 heavy (non-hydrogen) atoms. The second-order valence-electron chi connectivity index (χ2n) is 6.15. The summed E-state index contributed by atoms with van der Waals surface area (Å²) < 4.78 is 24.8. The maximum atomic E-state index is 13.9. The van der Waals surface area contributed by atoms with Crippen molar-refractivity contribution in [1.82, 2.24) is 10.2 Å². The molecule has 2 aliphatic heterocycles. The number of halogens is 2. The van der Waals surface area contributed by atoms with Crippen LogP contribution in [0, 0.1) is 11.7 Å². The van der Waals surface area contributed by atoms with E-state index >= 15 is 0 Å². The van der Waals surface area contributed by atoms with E-state index in [1.54, 1.807) is 0 Å². The standard InChI is InChI=1S/C17H22ClFN2O3/c18-13-2-1-3-14(19)16(13)17(22)20-10-15(12-4-7-24-11-12)21-5-8-23-9-6-21/h1-3,12,15H,4-11H2,(H,20,22)/t12-,15+/m0/s1. The number of carbonyl (C=O) groups excluding carboxylic acids is 1. The summed E-state index contributed by atoms with van der Waals surface area (Å²) in [6, 6.07) is 4.40. The van der Waals surface area contributed by atoms with E-state index in [0.29, 0.717) is 32.3 Å². The summed E-state index contributed by atoms with van der Waals surface area (Å²) in [4.78, 5) is 14.7. The van der Waals surface area contributed by atoms with E-state index in [1.807, 2.05) is 0 Å². The van der Waals surface area contributed by atoms with Gasteiger partial charge in [-0.2, -0.15) is 0 Å². The van der Waals surface area contributed by atoms with Crippen molar-refractivity contribution in [3.05, 3.63) is 34.6 Å². The Kier molecular flexibility index (Phi) is 6.05. The monoisotopic (exact) mass is 356 g/mol. The number of benzene rings is 1. The van der Waals surface area contributed by atoms with Gasteiger partial charge >= 0.3 is 0 Å². The zero-order chi connectivity index (χ0) is 16.9. The predicted molar refractivity (Wildman–Crippen MR) is 88.8 cm³/mol. The minimum absolute atomic E-state index is 0.0948. The van der Waals surface area contributed by atoms with Crippen molar-refractivity contribution in [3.63, 3.8) is 0 Å². The highest BCUT2D eigenvalue weighted by Crippen LogP contribution is 2.23. The Labute approximate surface area is 146 Å². The number of amides is 1. The fraction of sp³-hybridized carbons (Fsp3) is 0.588. The maximum absolute atomic E-state index is 13.9. The van der Waals surface area contributed by atoms with Crippen LogP contribution in [-0.4, -0.2) is 62.9 Å². The van der Waals surface area contributed by atoms with Crippen molar-refractivity contribution < 1.29 is 18.7 Å². The third kappa shape index (κ3) is 4.06. The fourth-order valence-corrected chi connectivity index (χ4v) is 3.61. The minimum atomic E-state index is -0.605. The molecule has 0 radical (unpaired) electrons. The van der Waals surface area contributed by atoms with Crippen molar-refractivity contribution in [1.29, 1.82) is 0 Å². The van der Waals surface area contributed by atoms with Gasteiger partial charge in [0.15, 0.2) is 0 Å². The maximum Gasteiger partial charge on any atom is 0.255 e. The van der Waals surface area contributed by atoms with Crippen molar-refractivity contribution in [3.8, 4) is 0 Å². The average Bonchev–Trinajstić information content (AvgIpc) is 3.10. The molecule has 2 saturated heterocycles. The van der Waals surface area contributed by atoms with E-state index in [2.05, 4.69) is 10.2 Å². The molecule has 1 N–H and O–H groups in total. The molecule has 2 heterocycles. The molecule has 2 atom stereocenters. The summed E-state index contributed by atoms with van der Waals surface area (Å²) >= 11 is 5.97. The molecule has 0 aliphatic carbocycles. The second-order valence-corrected chi connectivity index (χ2v) is 6.55. The summed E-state index contributed by atoms with van der Waals surface area (Å²) in [6.07, 6.45) is 0.971. The van der Waals surface area contributed by atoms with Gasteiger partial charge in [-0.05, 0) is 18.6 Å². The van der Waals surface area contributed by atoms with Crippen LogP contribution in [0.25, 0.3) is 0 Å². The molecule has 3 rings (SSSR count). The Morgan fingerprint density at radius 3 is 2.79 bits per heavy atom. The number of hydrogen-bond acceptors (Lipinski definition) is 4. The molecule has 1 aromatic rings. The average molecular weight is 357 g/mol. The predicted octanol–water partition coefficient (Wildman–Crippen LogP) is 1.95. The van der Waals surface area contributed by atoms with Crippen LogP contribution in [0.1, 0.15) is 16.8 Å². The molecule has 7 heteroatoms. The third-order valence-electron chi connectivity index (χ3n) is 4.69. The highest BCUT2D eigenvalue weighted by atomic mass is 35.5. The Balaban J connectivity index is 1.67. The van der Waals surface area contributed by atoms with Gasteiger partial charge in [0.1, 0.15) is 5.82 Å². The van der Waals surface area contributed by atoms with Crippen LogP contribution in [0.4, 0.5) is 4.39 Å². The van der Waals surface area contributed by atoms with E-state index < -0.39 is 11.7 Å². The first-order chi connectivity index (χ1) is 11.7. The van der Waals surface area contributed by atoms with Crippen LogP contribution >= 0.6 is 11.6 Å². The van der Waals surface area contributed by atoms with Gasteiger partial charge in [0, 0.05) is 38.2 Å². The summed E-state index contributed by atoms with van der Waals surface area (Å²) in [7, 11) is 0. The smallest absolute Gasteiger partial charge is 0.255 e. The molecule has 1 amide bonds. The third-order valence-corrected chi connectivity index (χ3v) is 5.00. The number of carbonyl (C=O) groups is 1. The molecule has 0 spiro atoms. The number of nitrogens with one attached hydrogen (secondary N) is 1. The molecule has 0 bridgehead atoms. The highest BCUT2D eigenvalue weighted by molar-refractivity contribution is 6.33. The van der Waals surface area contributed by atoms with Crippen LogP contribution in [-0.2, 0) is 9.47 Å². The lowest BCUT2D eigenvalue weighted by Gasteiger charge is -2.37. The fourth-order valence-electron chi connectivity index (χ4n) is 3.36. The van der Waals surface area contributed by atoms with Gasteiger partial charge < -0.3 is 14.8 Å². The molecule has 132 valence electrons. The molecular weight excluding hydrogens is 335 g/mol. The van der Waals surface area contributed by atoms with Crippen LogP contribution in [0.2, 0.25) is 5.02 Å². The number of rotatable bonds is 5. The van der Waals surface area contributed by atoms with E-state index in [4.69, 9.17) is 21.1 Å². The molecule has 1 aromatic carbocycles. The lowest BCUT2D eigenvalue weighted by atomic mass is 9.96. The van der Waals surface area contributed by atoms with Crippen LogP contribution in [0.3, 0.4) is 0 Å². The largest absolute Gasteiger partial charge is 0.381 e. The summed E-state index contributed by atoms with van der Waals surface area (Å²) in [5.41, 5.74) is -0.0948. The first kappa shape index (κ1) is 17.6. The normalized spacial score (nSPS) is 23.2. The molecule has 2 fully saturated rings. The lowest BCUT2D eigenvalue weighted by Crippen LogP contribution is -2.52. The Morgan fingerprint density at radius 2 is 2.12 bits per heavy atom. The van der Waals surface area contributed by atoms with E-state index in [9.17, 15) is 9.18 Å². The number of nitrogens with zero attached hydrogens (tertiary/aromatic N) is 1. The Bertz CT molecular complexity index is 555. The van der Waals surface area contributed by atoms with Gasteiger partial charge in [-0.15, -0.1) is 0 Å². The van der Waals surface area contributed by atoms with Gasteiger partial charge in [-0.1, -0.05) is 17.7 Å². The van der Waals surface area contributed by atoms with Gasteiger partial charge in [-0.25, -0.2) is 4.39 Å². The Morgan fingerprint density at radius 1 is 1.33 bits per heavy atom. The molecule has 2 aliphatic rings. The van der Waals surface area contributed by atoms with Crippen LogP contribution < -0.4 is 5.32 Å². The number of hydrogen-bond donors (Lipinski definition) is 1. The van der Waals surface area contributed by atoms with Gasteiger partial charge in [0.25, 0.3) is 5.91 Å². The minimum Gasteiger partial charge on any atom is -0.381 e. The molecule has 5 nitrogen and oxygen atoms in total. The van der Waals surface area contributed by atoms with Crippen LogP contribution in [0.15, 0.2) is 18.2 Å². The van der Waals surface area contributed by atoms with Crippen molar-refractivity contribution >= 4 is 17.5 Å². The molecule has 0 aromatic heterocycles. The van der Waals surface area contributed by atoms with Crippen molar-refractivity contribution in [2.45, 2.75) is 12.5 Å². The quantitative estimate of drug-likeness (QED) is 0.876. The van der Waals surface area contributed by atoms with E-state index in [0.717, 1.165) is 26.1 Å². The zero-order valence-corrected chi connectivity index (χ0v) is 14.2. The number of ether oxygens (including phenoxy) is 2. The topological polar surface area (TPSA) is 50.8 Å². The van der Waals surface area contributed by atoms with E-state index in [1.165, 1.54) is 18.2 Å². The zero-order valence-electron chi connectivity index (χ0n) is 13.5. The van der Waals surface area contributed by atoms with E-state index in [-0.39, 0.29) is 16.6 Å². The van der Waals surface area contributed by atoms with Crippen LogP contribution in [0.5, 0.6) is 0 Å². The highest BCUT2D eigenvalue weighted by Gasteiger charge is 2.32. The second kappa shape index (κ2) is 8.25. The van der Waals surface area contributed by atoms with Gasteiger partial charge in [0.2, 0.25) is 0 Å². The SMILES string of the molecule is O=C(NC[C@H]([C@H]1CCOC1)N1CCOCC1)c1c(F)cccc1Cl. The molecule has 0 unspecified atom stereocenters. The molecular formula is C17H22ClFN2O3. The Hall–Kier alpha value is -1.21.